The molecule has 0 aromatic rings. The summed E-state index contributed by atoms with van der Waals surface area (Å²) in [6, 6.07) is 0. The van der Waals surface area contributed by atoms with Gasteiger partial charge >= 0.3 is 5.97 Å². The van der Waals surface area contributed by atoms with Crippen LogP contribution in [0.1, 0.15) is 33.1 Å². The Morgan fingerprint density at radius 1 is 1.75 bits per heavy atom. The van der Waals surface area contributed by atoms with E-state index in [1.54, 1.807) is 6.92 Å². The lowest BCUT2D eigenvalue weighted by Crippen LogP contribution is -2.20. The zero-order valence-electron chi connectivity index (χ0n) is 7.62. The molecule has 1 aliphatic rings. The Balaban J connectivity index is 2.45. The van der Waals surface area contributed by atoms with Gasteiger partial charge < -0.3 is 9.84 Å². The monoisotopic (exact) mass is 172 g/mol. The Kier molecular flexibility index (Phi) is 3.09. The molecule has 0 amide bonds. The van der Waals surface area contributed by atoms with Crippen LogP contribution in [-0.4, -0.2) is 23.3 Å². The summed E-state index contributed by atoms with van der Waals surface area (Å²) < 4.78 is 5.08. The second-order valence-electron chi connectivity index (χ2n) is 3.43. The van der Waals surface area contributed by atoms with Crippen molar-refractivity contribution in [2.75, 3.05) is 0 Å². The molecule has 0 spiro atoms. The van der Waals surface area contributed by atoms with E-state index in [0.717, 1.165) is 12.8 Å². The third-order valence-electron chi connectivity index (χ3n) is 2.30. The Morgan fingerprint density at radius 3 is 2.83 bits per heavy atom. The largest absolute Gasteiger partial charge is 0.462 e. The molecule has 3 atom stereocenters. The molecule has 3 heteroatoms. The normalized spacial score (nSPS) is 31.8. The van der Waals surface area contributed by atoms with Gasteiger partial charge in [0.1, 0.15) is 6.10 Å². The zero-order valence-corrected chi connectivity index (χ0v) is 7.62. The highest BCUT2D eigenvalue weighted by Gasteiger charge is 2.36. The molecule has 0 radical (unpaired) electrons. The van der Waals surface area contributed by atoms with Crippen molar-refractivity contribution in [2.45, 2.75) is 45.3 Å². The van der Waals surface area contributed by atoms with Gasteiger partial charge in [-0.15, -0.1) is 0 Å². The molecule has 1 saturated heterocycles. The third kappa shape index (κ3) is 1.97. The van der Waals surface area contributed by atoms with Crippen LogP contribution in [0, 0.1) is 5.92 Å². The van der Waals surface area contributed by atoms with Crippen molar-refractivity contribution in [1.29, 1.82) is 0 Å². The zero-order chi connectivity index (χ0) is 9.14. The van der Waals surface area contributed by atoms with E-state index in [1.807, 2.05) is 0 Å². The average molecular weight is 172 g/mol. The Morgan fingerprint density at radius 2 is 2.42 bits per heavy atom. The molecule has 1 rings (SSSR count). The number of hydrogen-bond acceptors (Lipinski definition) is 3. The predicted octanol–water partition coefficient (Wildman–Crippen LogP) is 1.10. The van der Waals surface area contributed by atoms with Gasteiger partial charge in [-0.1, -0.05) is 13.3 Å². The minimum Gasteiger partial charge on any atom is -0.462 e. The number of carbonyl (C=O) groups excluding carboxylic acids is 1. The molecule has 0 aliphatic carbocycles. The van der Waals surface area contributed by atoms with Crippen molar-refractivity contribution >= 4 is 5.97 Å². The van der Waals surface area contributed by atoms with E-state index < -0.39 is 6.10 Å². The molecule has 3 nitrogen and oxygen atoms in total. The fourth-order valence-electron chi connectivity index (χ4n) is 1.57. The summed E-state index contributed by atoms with van der Waals surface area (Å²) in [6.07, 6.45) is 2.09. The summed E-state index contributed by atoms with van der Waals surface area (Å²) >= 11 is 0. The lowest BCUT2D eigenvalue weighted by molar-refractivity contribution is -0.146. The Labute approximate surface area is 72.7 Å². The van der Waals surface area contributed by atoms with Gasteiger partial charge in [-0.05, 0) is 13.3 Å². The topological polar surface area (TPSA) is 46.5 Å². The van der Waals surface area contributed by atoms with Gasteiger partial charge in [-0.2, -0.15) is 0 Å². The maximum Gasteiger partial charge on any atom is 0.311 e. The van der Waals surface area contributed by atoms with E-state index in [0.29, 0.717) is 6.42 Å². The first kappa shape index (κ1) is 9.52. The van der Waals surface area contributed by atoms with E-state index in [-0.39, 0.29) is 18.0 Å². The van der Waals surface area contributed by atoms with Gasteiger partial charge in [0.25, 0.3) is 0 Å². The lowest BCUT2D eigenvalue weighted by Gasteiger charge is -2.07. The first-order valence-electron chi connectivity index (χ1n) is 4.53. The van der Waals surface area contributed by atoms with Crippen LogP contribution in [-0.2, 0) is 9.53 Å². The molecule has 1 fully saturated rings. The number of aliphatic hydroxyl groups is 1. The maximum atomic E-state index is 11.1. The van der Waals surface area contributed by atoms with E-state index in [9.17, 15) is 9.90 Å². The second-order valence-corrected chi connectivity index (χ2v) is 3.43. The number of esters is 1. The molecule has 1 heterocycles. The molecule has 70 valence electrons. The molecule has 0 bridgehead atoms. The van der Waals surface area contributed by atoms with Crippen molar-refractivity contribution in [2.24, 2.45) is 5.92 Å². The van der Waals surface area contributed by atoms with Crippen LogP contribution in [0.5, 0.6) is 0 Å². The number of hydrogen-bond donors (Lipinski definition) is 1. The summed E-state index contributed by atoms with van der Waals surface area (Å²) in [5.74, 6) is -0.523. The van der Waals surface area contributed by atoms with Crippen molar-refractivity contribution in [3.8, 4) is 0 Å². The highest BCUT2D eigenvalue weighted by molar-refractivity contribution is 5.75. The quantitative estimate of drug-likeness (QED) is 0.648. The summed E-state index contributed by atoms with van der Waals surface area (Å²) in [4.78, 5) is 11.1. The van der Waals surface area contributed by atoms with Gasteiger partial charge in [0.05, 0.1) is 12.0 Å². The highest BCUT2D eigenvalue weighted by Crippen LogP contribution is 2.26. The standard InChI is InChI=1S/C9H16O3/c1-3-4-7-5-8(6(2)10)9(11)12-7/h6-8,10H,3-5H2,1-2H3. The number of cyclic esters (lactones) is 1. The first-order chi connectivity index (χ1) is 5.65. The van der Waals surface area contributed by atoms with Gasteiger partial charge in [0.15, 0.2) is 0 Å². The average Bonchev–Trinajstić information content (AvgIpc) is 2.32. The minimum absolute atomic E-state index is 0.0436. The molecule has 1 aliphatic heterocycles. The molecule has 1 N–H and O–H groups in total. The van der Waals surface area contributed by atoms with Crippen molar-refractivity contribution in [3.63, 3.8) is 0 Å². The number of aliphatic hydroxyl groups excluding tert-OH is 1. The van der Waals surface area contributed by atoms with Gasteiger partial charge in [-0.25, -0.2) is 0 Å². The van der Waals surface area contributed by atoms with E-state index in [2.05, 4.69) is 6.92 Å². The Hall–Kier alpha value is -0.570. The predicted molar refractivity (Wildman–Crippen MR) is 44.6 cm³/mol. The van der Waals surface area contributed by atoms with E-state index in [4.69, 9.17) is 4.74 Å². The first-order valence-corrected chi connectivity index (χ1v) is 4.53. The van der Waals surface area contributed by atoms with Crippen LogP contribution in [0.3, 0.4) is 0 Å². The van der Waals surface area contributed by atoms with Crippen molar-refractivity contribution in [1.82, 2.24) is 0 Å². The fraction of sp³-hybridized carbons (Fsp3) is 0.889. The molecule has 12 heavy (non-hydrogen) atoms. The summed E-state index contributed by atoms with van der Waals surface area (Å²) in [7, 11) is 0. The minimum atomic E-state index is -0.570. The number of ether oxygens (including phenoxy) is 1. The second kappa shape index (κ2) is 3.90. The van der Waals surface area contributed by atoms with Gasteiger partial charge in [0, 0.05) is 6.42 Å². The van der Waals surface area contributed by atoms with Crippen LogP contribution >= 0.6 is 0 Å². The fourth-order valence-corrected chi connectivity index (χ4v) is 1.57. The summed E-state index contributed by atoms with van der Waals surface area (Å²) in [5.41, 5.74) is 0. The Bertz CT molecular complexity index is 165. The molecule has 3 unspecified atom stereocenters. The lowest BCUT2D eigenvalue weighted by atomic mass is 9.98. The molecule has 0 aromatic carbocycles. The smallest absolute Gasteiger partial charge is 0.311 e. The molecule has 0 saturated carbocycles. The number of rotatable bonds is 3. The summed E-state index contributed by atoms with van der Waals surface area (Å²) in [6.45, 7) is 3.70. The van der Waals surface area contributed by atoms with Gasteiger partial charge in [0.2, 0.25) is 0 Å². The van der Waals surface area contributed by atoms with Gasteiger partial charge in [-0.3, -0.25) is 4.79 Å². The van der Waals surface area contributed by atoms with Crippen LogP contribution in [0.2, 0.25) is 0 Å². The van der Waals surface area contributed by atoms with Crippen molar-refractivity contribution in [3.05, 3.63) is 0 Å². The highest BCUT2D eigenvalue weighted by atomic mass is 16.6. The van der Waals surface area contributed by atoms with Crippen LogP contribution < -0.4 is 0 Å². The van der Waals surface area contributed by atoms with Crippen molar-refractivity contribution < 1.29 is 14.6 Å². The maximum absolute atomic E-state index is 11.1. The number of carbonyl (C=O) groups is 1. The molecule has 0 aromatic heterocycles. The van der Waals surface area contributed by atoms with E-state index in [1.165, 1.54) is 0 Å². The van der Waals surface area contributed by atoms with Crippen LogP contribution in [0.25, 0.3) is 0 Å². The van der Waals surface area contributed by atoms with Crippen LogP contribution in [0.4, 0.5) is 0 Å². The molecular formula is C9H16O3. The van der Waals surface area contributed by atoms with E-state index >= 15 is 0 Å². The third-order valence-corrected chi connectivity index (χ3v) is 2.30. The van der Waals surface area contributed by atoms with Crippen LogP contribution in [0.15, 0.2) is 0 Å². The SMILES string of the molecule is CCCC1CC(C(C)O)C(=O)O1. The summed E-state index contributed by atoms with van der Waals surface area (Å²) in [5, 5.41) is 9.21. The molecular weight excluding hydrogens is 156 g/mol.